The first kappa shape index (κ1) is 27.9. The molecule has 1 aliphatic rings. The number of rotatable bonds is 9. The van der Waals surface area contributed by atoms with Gasteiger partial charge >= 0.3 is 0 Å². The molecule has 13 heteroatoms. The number of aliphatic hydroxyl groups is 1. The fourth-order valence-corrected chi connectivity index (χ4v) is 4.68. The summed E-state index contributed by atoms with van der Waals surface area (Å²) in [5.74, 6) is 1.07. The van der Waals surface area contributed by atoms with E-state index in [-0.39, 0.29) is 25.0 Å². The number of pyridine rings is 1. The molecule has 210 valence electrons. The molecule has 0 aliphatic carbocycles. The van der Waals surface area contributed by atoms with Gasteiger partial charge in [0.1, 0.15) is 17.7 Å². The van der Waals surface area contributed by atoms with Gasteiger partial charge in [0, 0.05) is 36.1 Å². The van der Waals surface area contributed by atoms with Crippen LogP contribution in [0, 0.1) is 6.92 Å². The van der Waals surface area contributed by atoms with Crippen molar-refractivity contribution in [1.29, 1.82) is 0 Å². The van der Waals surface area contributed by atoms with Crippen molar-refractivity contribution in [1.82, 2.24) is 35.1 Å². The molecule has 0 saturated heterocycles. The molecule has 0 bridgehead atoms. The van der Waals surface area contributed by atoms with Gasteiger partial charge in [0.2, 0.25) is 17.7 Å². The largest absolute Gasteiger partial charge is 0.481 e. The summed E-state index contributed by atoms with van der Waals surface area (Å²) >= 11 is 6.44. The molecule has 4 heterocycles. The Morgan fingerprint density at radius 2 is 1.95 bits per heavy atom. The quantitative estimate of drug-likeness (QED) is 0.271. The van der Waals surface area contributed by atoms with Crippen molar-refractivity contribution in [2.45, 2.75) is 32.5 Å². The smallest absolute Gasteiger partial charge is 0.255 e. The molecule has 1 aliphatic heterocycles. The zero-order valence-electron chi connectivity index (χ0n) is 22.5. The number of ether oxygens (including phenoxy) is 1. The molecular formula is C28H27ClN8O4. The van der Waals surface area contributed by atoms with Crippen LogP contribution < -0.4 is 15.4 Å². The van der Waals surface area contributed by atoms with E-state index in [2.05, 4.69) is 35.6 Å². The molecule has 3 aromatic heterocycles. The second-order valence-electron chi connectivity index (χ2n) is 9.36. The Kier molecular flexibility index (Phi) is 8.04. The molecular weight excluding hydrogens is 548 g/mol. The van der Waals surface area contributed by atoms with Crippen LogP contribution in [-0.2, 0) is 11.3 Å². The van der Waals surface area contributed by atoms with E-state index in [0.717, 1.165) is 5.56 Å². The van der Waals surface area contributed by atoms with Gasteiger partial charge in [-0.15, -0.1) is 0 Å². The van der Waals surface area contributed by atoms with Gasteiger partial charge in [0.15, 0.2) is 0 Å². The van der Waals surface area contributed by atoms with Crippen molar-refractivity contribution >= 4 is 35.2 Å². The van der Waals surface area contributed by atoms with Gasteiger partial charge < -0.3 is 25.4 Å². The Balaban J connectivity index is 1.33. The van der Waals surface area contributed by atoms with Crippen molar-refractivity contribution in [3.63, 3.8) is 0 Å². The summed E-state index contributed by atoms with van der Waals surface area (Å²) in [4.78, 5) is 49.3. The van der Waals surface area contributed by atoms with Crippen LogP contribution in [0.2, 0.25) is 5.02 Å². The van der Waals surface area contributed by atoms with Gasteiger partial charge in [-0.05, 0) is 43.2 Å². The maximum absolute atomic E-state index is 13.4. The summed E-state index contributed by atoms with van der Waals surface area (Å²) in [6.07, 6.45) is 4.63. The summed E-state index contributed by atoms with van der Waals surface area (Å²) in [7, 11) is 1.48. The third-order valence-electron chi connectivity index (χ3n) is 6.69. The van der Waals surface area contributed by atoms with Crippen molar-refractivity contribution < 1.29 is 19.4 Å². The predicted molar refractivity (Wildman–Crippen MR) is 151 cm³/mol. The van der Waals surface area contributed by atoms with Crippen LogP contribution in [0.15, 0.2) is 55.0 Å². The first-order valence-electron chi connectivity index (χ1n) is 12.7. The number of amides is 2. The Hall–Kier alpha value is -4.68. The highest BCUT2D eigenvalue weighted by Crippen LogP contribution is 2.32. The highest BCUT2D eigenvalue weighted by Gasteiger charge is 2.35. The molecule has 41 heavy (non-hydrogen) atoms. The van der Waals surface area contributed by atoms with E-state index >= 15 is 0 Å². The van der Waals surface area contributed by atoms with Crippen LogP contribution in [0.5, 0.6) is 5.88 Å². The predicted octanol–water partition coefficient (Wildman–Crippen LogP) is 3.24. The monoisotopic (exact) mass is 574 g/mol. The number of aryl methyl sites for hydroxylation is 1. The number of benzene rings is 1. The topological polar surface area (TPSA) is 155 Å². The van der Waals surface area contributed by atoms with Crippen LogP contribution >= 0.6 is 11.6 Å². The van der Waals surface area contributed by atoms with E-state index in [9.17, 15) is 14.7 Å². The molecule has 3 N–H and O–H groups in total. The average Bonchev–Trinajstić information content (AvgIpc) is 3.31. The maximum atomic E-state index is 13.4. The normalized spacial score (nSPS) is 13.9. The maximum Gasteiger partial charge on any atom is 0.255 e. The number of carbonyl (C=O) groups excluding carboxylic acids is 2. The minimum atomic E-state index is -0.800. The van der Waals surface area contributed by atoms with E-state index < -0.39 is 18.0 Å². The van der Waals surface area contributed by atoms with Gasteiger partial charge in [-0.25, -0.2) is 24.9 Å². The lowest BCUT2D eigenvalue weighted by atomic mass is 10.0. The minimum absolute atomic E-state index is 0.257. The third-order valence-corrected chi connectivity index (χ3v) is 6.97. The highest BCUT2D eigenvalue weighted by atomic mass is 35.5. The molecule has 0 saturated carbocycles. The molecule has 4 aromatic rings. The van der Waals surface area contributed by atoms with E-state index in [1.54, 1.807) is 44.3 Å². The molecule has 2 unspecified atom stereocenters. The lowest BCUT2D eigenvalue weighted by Gasteiger charge is -2.26. The number of nitrogens with one attached hydrogen (secondary N) is 2. The van der Waals surface area contributed by atoms with Crippen LogP contribution in [-0.4, -0.2) is 66.5 Å². The first-order chi connectivity index (χ1) is 19.8. The number of aromatic nitrogens is 5. The van der Waals surface area contributed by atoms with E-state index in [4.69, 9.17) is 16.3 Å². The van der Waals surface area contributed by atoms with E-state index in [1.807, 2.05) is 12.1 Å². The van der Waals surface area contributed by atoms with Crippen LogP contribution in [0.1, 0.15) is 40.3 Å². The van der Waals surface area contributed by atoms with Crippen molar-refractivity contribution in [3.05, 3.63) is 82.5 Å². The second kappa shape index (κ2) is 11.8. The van der Waals surface area contributed by atoms with Crippen LogP contribution in [0.25, 0.3) is 11.3 Å². The highest BCUT2D eigenvalue weighted by molar-refractivity contribution is 6.33. The molecule has 12 nitrogen and oxygen atoms in total. The SMILES string of the molecule is COc1cc(C(CO)NC(=O)C(C)N2Cc3ccc(-c4nc(Nc5ccnc(C)n5)ncc4Cl)cc3C2=O)ccn1. The Bertz CT molecular complexity index is 1620. The number of hydrogen-bond acceptors (Lipinski definition) is 10. The second-order valence-corrected chi connectivity index (χ2v) is 9.77. The van der Waals surface area contributed by atoms with E-state index in [1.165, 1.54) is 24.4 Å². The van der Waals surface area contributed by atoms with Crippen molar-refractivity contribution in [2.75, 3.05) is 19.0 Å². The number of aliphatic hydroxyl groups excluding tert-OH is 1. The number of halogens is 1. The van der Waals surface area contributed by atoms with Crippen molar-refractivity contribution in [2.24, 2.45) is 0 Å². The summed E-state index contributed by atoms with van der Waals surface area (Å²) in [6, 6.07) is 8.89. The standard InChI is InChI=1S/C28H27ClN8O4/c1-15(26(39)34-22(14-38)17-6-8-31-24(11-17)41-3)37-13-19-5-4-18(10-20(19)27(37)40)25-21(29)12-32-28(36-25)35-23-7-9-30-16(2)33-23/h4-12,15,22,38H,13-14H2,1-3H3,(H,34,39)(H,30,32,33,35,36). The molecule has 2 amide bonds. The Morgan fingerprint density at radius 1 is 1.15 bits per heavy atom. The fraction of sp³-hybridized carbons (Fsp3) is 0.250. The zero-order chi connectivity index (χ0) is 29.1. The van der Waals surface area contributed by atoms with E-state index in [0.29, 0.717) is 44.9 Å². The van der Waals surface area contributed by atoms with Gasteiger partial charge in [-0.2, -0.15) is 0 Å². The average molecular weight is 575 g/mol. The third kappa shape index (κ3) is 5.93. The lowest BCUT2D eigenvalue weighted by molar-refractivity contribution is -0.126. The van der Waals surface area contributed by atoms with Crippen molar-refractivity contribution in [3.8, 4) is 17.1 Å². The summed E-state index contributed by atoms with van der Waals surface area (Å²) in [6.45, 7) is 3.34. The minimum Gasteiger partial charge on any atom is -0.481 e. The number of methoxy groups -OCH3 is 1. The van der Waals surface area contributed by atoms with Gasteiger partial charge in [-0.1, -0.05) is 23.7 Å². The fourth-order valence-electron chi connectivity index (χ4n) is 4.48. The van der Waals surface area contributed by atoms with Crippen LogP contribution in [0.3, 0.4) is 0 Å². The Labute approximate surface area is 240 Å². The van der Waals surface area contributed by atoms with Crippen LogP contribution in [0.4, 0.5) is 11.8 Å². The summed E-state index contributed by atoms with van der Waals surface area (Å²) in [5.41, 5.74) is 2.92. The summed E-state index contributed by atoms with van der Waals surface area (Å²) < 4.78 is 5.14. The Morgan fingerprint density at radius 3 is 2.71 bits per heavy atom. The molecule has 5 rings (SSSR count). The first-order valence-corrected chi connectivity index (χ1v) is 13.1. The molecule has 2 atom stereocenters. The number of fused-ring (bicyclic) bond motifs is 1. The molecule has 1 aromatic carbocycles. The number of nitrogens with zero attached hydrogens (tertiary/aromatic N) is 6. The number of anilines is 2. The molecule has 0 radical (unpaired) electrons. The molecule has 0 spiro atoms. The summed E-state index contributed by atoms with van der Waals surface area (Å²) in [5, 5.41) is 16.1. The number of carbonyl (C=O) groups is 2. The molecule has 0 fully saturated rings. The lowest BCUT2D eigenvalue weighted by Crippen LogP contribution is -2.46. The number of hydrogen-bond donors (Lipinski definition) is 3. The van der Waals surface area contributed by atoms with Gasteiger partial charge in [0.25, 0.3) is 5.91 Å². The van der Waals surface area contributed by atoms with Gasteiger partial charge in [0.05, 0.1) is 36.7 Å². The zero-order valence-corrected chi connectivity index (χ0v) is 23.3. The van der Waals surface area contributed by atoms with Gasteiger partial charge in [-0.3, -0.25) is 9.59 Å².